The lowest BCUT2D eigenvalue weighted by molar-refractivity contribution is -0.120. The second-order valence-corrected chi connectivity index (χ2v) is 5.12. The summed E-state index contributed by atoms with van der Waals surface area (Å²) in [5.74, 6) is -4.22. The molecule has 2 unspecified atom stereocenters. The molecule has 20 heavy (non-hydrogen) atoms. The summed E-state index contributed by atoms with van der Waals surface area (Å²) in [7, 11) is 0. The van der Waals surface area contributed by atoms with E-state index in [1.807, 2.05) is 6.92 Å². The van der Waals surface area contributed by atoms with Crippen molar-refractivity contribution in [1.29, 1.82) is 0 Å². The third-order valence-electron chi connectivity index (χ3n) is 3.75. The molecule has 108 valence electrons. The molecule has 1 saturated carbocycles. The summed E-state index contributed by atoms with van der Waals surface area (Å²) < 4.78 is 26.3. The number of amides is 1. The SMILES string of the molecule is CC1CCCC1C(=O)Nc1cc(F)c(F)cc1C(=O)O. The Morgan fingerprint density at radius 3 is 2.45 bits per heavy atom. The predicted octanol–water partition coefficient (Wildman–Crippen LogP) is 3.04. The fraction of sp³-hybridized carbons (Fsp3) is 0.429. The van der Waals surface area contributed by atoms with E-state index in [0.717, 1.165) is 19.3 Å². The molecule has 1 aromatic carbocycles. The molecule has 0 spiro atoms. The number of hydrogen-bond acceptors (Lipinski definition) is 2. The van der Waals surface area contributed by atoms with Gasteiger partial charge >= 0.3 is 5.97 Å². The van der Waals surface area contributed by atoms with Crippen molar-refractivity contribution >= 4 is 17.6 Å². The van der Waals surface area contributed by atoms with Crippen LogP contribution in [0.1, 0.15) is 36.5 Å². The monoisotopic (exact) mass is 283 g/mol. The summed E-state index contributed by atoms with van der Waals surface area (Å²) in [6.07, 6.45) is 2.59. The molecule has 1 aliphatic rings. The van der Waals surface area contributed by atoms with Gasteiger partial charge in [-0.15, -0.1) is 0 Å². The molecular formula is C14H15F2NO3. The van der Waals surface area contributed by atoms with Gasteiger partial charge in [-0.25, -0.2) is 13.6 Å². The van der Waals surface area contributed by atoms with Crippen molar-refractivity contribution in [1.82, 2.24) is 0 Å². The normalized spacial score (nSPS) is 21.8. The Morgan fingerprint density at radius 1 is 1.25 bits per heavy atom. The minimum Gasteiger partial charge on any atom is -0.478 e. The number of anilines is 1. The van der Waals surface area contributed by atoms with Gasteiger partial charge in [-0.3, -0.25) is 4.79 Å². The van der Waals surface area contributed by atoms with Gasteiger partial charge in [0.25, 0.3) is 0 Å². The average Bonchev–Trinajstić information content (AvgIpc) is 2.79. The Labute approximate surface area is 114 Å². The Hall–Kier alpha value is -1.98. The highest BCUT2D eigenvalue weighted by Gasteiger charge is 2.30. The van der Waals surface area contributed by atoms with E-state index in [2.05, 4.69) is 5.32 Å². The quantitative estimate of drug-likeness (QED) is 0.896. The van der Waals surface area contributed by atoms with Crippen LogP contribution in [0.3, 0.4) is 0 Å². The van der Waals surface area contributed by atoms with Gasteiger partial charge in [-0.2, -0.15) is 0 Å². The van der Waals surface area contributed by atoms with Crippen molar-refractivity contribution in [3.8, 4) is 0 Å². The zero-order valence-electron chi connectivity index (χ0n) is 11.0. The van der Waals surface area contributed by atoms with Gasteiger partial charge in [0.1, 0.15) is 0 Å². The molecule has 1 aliphatic carbocycles. The maximum absolute atomic E-state index is 13.2. The zero-order chi connectivity index (χ0) is 14.9. The van der Waals surface area contributed by atoms with Crippen LogP contribution >= 0.6 is 0 Å². The first-order chi connectivity index (χ1) is 9.40. The molecule has 0 saturated heterocycles. The molecule has 2 atom stereocenters. The van der Waals surface area contributed by atoms with Crippen LogP contribution in [0.2, 0.25) is 0 Å². The van der Waals surface area contributed by atoms with Gasteiger partial charge < -0.3 is 10.4 Å². The molecule has 6 heteroatoms. The average molecular weight is 283 g/mol. The summed E-state index contributed by atoms with van der Waals surface area (Å²) >= 11 is 0. The van der Waals surface area contributed by atoms with E-state index < -0.39 is 23.2 Å². The summed E-state index contributed by atoms with van der Waals surface area (Å²) in [5, 5.41) is 11.4. The number of rotatable bonds is 3. The fourth-order valence-electron chi connectivity index (χ4n) is 2.59. The second-order valence-electron chi connectivity index (χ2n) is 5.12. The molecule has 2 N–H and O–H groups in total. The van der Waals surface area contributed by atoms with Gasteiger partial charge in [0.2, 0.25) is 5.91 Å². The lowest BCUT2D eigenvalue weighted by Crippen LogP contribution is -2.25. The van der Waals surface area contributed by atoms with Gasteiger partial charge in [-0.05, 0) is 24.8 Å². The molecule has 1 fully saturated rings. The molecule has 1 aromatic rings. The number of halogens is 2. The van der Waals surface area contributed by atoms with Gasteiger partial charge in [0, 0.05) is 12.0 Å². The van der Waals surface area contributed by atoms with Crippen LogP contribution in [0.25, 0.3) is 0 Å². The van der Waals surface area contributed by atoms with E-state index in [1.165, 1.54) is 0 Å². The molecule has 4 nitrogen and oxygen atoms in total. The highest BCUT2D eigenvalue weighted by molar-refractivity contribution is 6.01. The molecule has 1 amide bonds. The van der Waals surface area contributed by atoms with Crippen LogP contribution < -0.4 is 5.32 Å². The third kappa shape index (κ3) is 2.79. The van der Waals surface area contributed by atoms with Gasteiger partial charge in [0.15, 0.2) is 11.6 Å². The number of carbonyl (C=O) groups is 2. The number of nitrogens with one attached hydrogen (secondary N) is 1. The Bertz CT molecular complexity index is 560. The van der Waals surface area contributed by atoms with Crippen molar-refractivity contribution in [3.63, 3.8) is 0 Å². The van der Waals surface area contributed by atoms with Gasteiger partial charge in [-0.1, -0.05) is 13.3 Å². The van der Waals surface area contributed by atoms with Crippen LogP contribution in [-0.4, -0.2) is 17.0 Å². The lowest BCUT2D eigenvalue weighted by Gasteiger charge is -2.16. The smallest absolute Gasteiger partial charge is 0.337 e. The van der Waals surface area contributed by atoms with Crippen molar-refractivity contribution in [2.75, 3.05) is 5.32 Å². The second kappa shape index (κ2) is 5.56. The number of aromatic carboxylic acids is 1. The zero-order valence-corrected chi connectivity index (χ0v) is 11.0. The first-order valence-electron chi connectivity index (χ1n) is 6.43. The molecule has 0 heterocycles. The topological polar surface area (TPSA) is 66.4 Å². The summed E-state index contributed by atoms with van der Waals surface area (Å²) in [4.78, 5) is 23.1. The number of carbonyl (C=O) groups excluding carboxylic acids is 1. The van der Waals surface area contributed by atoms with Crippen LogP contribution in [0.15, 0.2) is 12.1 Å². The minimum atomic E-state index is -1.42. The lowest BCUT2D eigenvalue weighted by atomic mass is 9.97. The van der Waals surface area contributed by atoms with E-state index in [0.29, 0.717) is 12.1 Å². The van der Waals surface area contributed by atoms with E-state index in [4.69, 9.17) is 5.11 Å². The number of hydrogen-bond donors (Lipinski definition) is 2. The first-order valence-corrected chi connectivity index (χ1v) is 6.43. The van der Waals surface area contributed by atoms with Crippen molar-refractivity contribution in [2.45, 2.75) is 26.2 Å². The predicted molar refractivity (Wildman–Crippen MR) is 68.5 cm³/mol. The van der Waals surface area contributed by atoms with Crippen molar-refractivity contribution in [3.05, 3.63) is 29.3 Å². The largest absolute Gasteiger partial charge is 0.478 e. The number of carboxylic acid groups (broad SMARTS) is 1. The standard InChI is InChI=1S/C14H15F2NO3/c1-7-3-2-4-8(7)13(18)17-12-6-11(16)10(15)5-9(12)14(19)20/h5-8H,2-4H2,1H3,(H,17,18)(H,19,20). The van der Waals surface area contributed by atoms with Crippen molar-refractivity contribution < 1.29 is 23.5 Å². The summed E-state index contributed by atoms with van der Waals surface area (Å²) in [5.41, 5.74) is -0.664. The van der Waals surface area contributed by atoms with Crippen LogP contribution in [0, 0.1) is 23.5 Å². The third-order valence-corrected chi connectivity index (χ3v) is 3.75. The van der Waals surface area contributed by atoms with E-state index in [9.17, 15) is 18.4 Å². The minimum absolute atomic E-state index is 0.202. The molecule has 0 aromatic heterocycles. The first kappa shape index (κ1) is 14.4. The molecule has 2 rings (SSSR count). The van der Waals surface area contributed by atoms with Crippen molar-refractivity contribution in [2.24, 2.45) is 11.8 Å². The van der Waals surface area contributed by atoms with E-state index >= 15 is 0 Å². The maximum atomic E-state index is 13.2. The van der Waals surface area contributed by atoms with E-state index in [1.54, 1.807) is 0 Å². The number of carboxylic acids is 1. The molecule has 0 radical (unpaired) electrons. The highest BCUT2D eigenvalue weighted by Crippen LogP contribution is 2.32. The highest BCUT2D eigenvalue weighted by atomic mass is 19.2. The maximum Gasteiger partial charge on any atom is 0.337 e. The molecule has 0 bridgehead atoms. The van der Waals surface area contributed by atoms with E-state index in [-0.39, 0.29) is 23.4 Å². The summed E-state index contributed by atoms with van der Waals surface area (Å²) in [6, 6.07) is 1.28. The van der Waals surface area contributed by atoms with Crippen LogP contribution in [-0.2, 0) is 4.79 Å². The molecule has 0 aliphatic heterocycles. The molecular weight excluding hydrogens is 268 g/mol. The number of benzene rings is 1. The summed E-state index contributed by atoms with van der Waals surface area (Å²) in [6.45, 7) is 1.95. The fourth-order valence-corrected chi connectivity index (χ4v) is 2.59. The van der Waals surface area contributed by atoms with Crippen LogP contribution in [0.4, 0.5) is 14.5 Å². The van der Waals surface area contributed by atoms with Crippen LogP contribution in [0.5, 0.6) is 0 Å². The Balaban J connectivity index is 2.26. The Morgan fingerprint density at radius 2 is 1.90 bits per heavy atom. The van der Waals surface area contributed by atoms with Gasteiger partial charge in [0.05, 0.1) is 11.3 Å². The Kier molecular flexibility index (Phi) is 4.01.